The molecule has 0 aliphatic carbocycles. The average Bonchev–Trinajstić information content (AvgIpc) is 2.40. The Balaban J connectivity index is 2.05. The van der Waals surface area contributed by atoms with Crippen LogP contribution in [0.5, 0.6) is 0 Å². The Bertz CT molecular complexity index is 491. The van der Waals surface area contributed by atoms with Crippen LogP contribution in [0.3, 0.4) is 0 Å². The number of hydrogen-bond donors (Lipinski definition) is 1. The zero-order valence-electron chi connectivity index (χ0n) is 10.4. The van der Waals surface area contributed by atoms with Crippen molar-refractivity contribution in [2.45, 2.75) is 13.1 Å². The van der Waals surface area contributed by atoms with Crippen LogP contribution >= 0.6 is 0 Å². The molecule has 3 heteroatoms. The molecule has 0 saturated carbocycles. The molecule has 0 atom stereocenters. The van der Waals surface area contributed by atoms with Crippen molar-refractivity contribution in [3.05, 3.63) is 65.5 Å². The molecule has 2 rings (SSSR count). The zero-order valence-corrected chi connectivity index (χ0v) is 10.4. The normalized spacial score (nSPS) is 10.4. The van der Waals surface area contributed by atoms with Crippen LogP contribution in [0.4, 0.5) is 10.1 Å². The molecular weight excluding hydrogens is 227 g/mol. The van der Waals surface area contributed by atoms with Crippen LogP contribution in [0.2, 0.25) is 0 Å². The number of halogens is 1. The minimum absolute atomic E-state index is 0.209. The van der Waals surface area contributed by atoms with Gasteiger partial charge in [0.25, 0.3) is 0 Å². The van der Waals surface area contributed by atoms with E-state index in [-0.39, 0.29) is 5.82 Å². The Hall–Kier alpha value is -1.87. The van der Waals surface area contributed by atoms with Gasteiger partial charge in [0.2, 0.25) is 0 Å². The Morgan fingerprint density at radius 1 is 0.944 bits per heavy atom. The van der Waals surface area contributed by atoms with Crippen LogP contribution in [0.25, 0.3) is 0 Å². The van der Waals surface area contributed by atoms with Gasteiger partial charge in [-0.2, -0.15) is 0 Å². The van der Waals surface area contributed by atoms with Crippen LogP contribution in [0.15, 0.2) is 48.5 Å². The third kappa shape index (κ3) is 3.08. The molecule has 0 saturated heterocycles. The second-order valence-electron chi connectivity index (χ2n) is 4.35. The summed E-state index contributed by atoms with van der Waals surface area (Å²) in [5.41, 5.74) is 8.90. The molecule has 2 aromatic rings. The van der Waals surface area contributed by atoms with Crippen LogP contribution in [-0.4, -0.2) is 7.05 Å². The Labute approximate surface area is 107 Å². The molecule has 18 heavy (non-hydrogen) atoms. The summed E-state index contributed by atoms with van der Waals surface area (Å²) in [5.74, 6) is -0.209. The van der Waals surface area contributed by atoms with E-state index in [2.05, 4.69) is 17.0 Å². The van der Waals surface area contributed by atoms with Crippen molar-refractivity contribution in [2.24, 2.45) is 5.73 Å². The van der Waals surface area contributed by atoms with Gasteiger partial charge in [0, 0.05) is 25.8 Å². The van der Waals surface area contributed by atoms with Crippen molar-refractivity contribution in [3.8, 4) is 0 Å². The summed E-state index contributed by atoms with van der Waals surface area (Å²) in [6, 6.07) is 14.7. The van der Waals surface area contributed by atoms with E-state index in [1.165, 1.54) is 17.7 Å². The lowest BCUT2D eigenvalue weighted by atomic mass is 10.1. The van der Waals surface area contributed by atoms with Gasteiger partial charge in [0.1, 0.15) is 5.82 Å². The lowest BCUT2D eigenvalue weighted by molar-refractivity contribution is 0.627. The average molecular weight is 244 g/mol. The number of nitrogens with zero attached hydrogens (tertiary/aromatic N) is 1. The second kappa shape index (κ2) is 5.65. The van der Waals surface area contributed by atoms with E-state index in [9.17, 15) is 4.39 Å². The highest BCUT2D eigenvalue weighted by molar-refractivity contribution is 5.46. The van der Waals surface area contributed by atoms with Gasteiger partial charge in [-0.3, -0.25) is 0 Å². The summed E-state index contributed by atoms with van der Waals surface area (Å²) in [4.78, 5) is 2.08. The molecule has 0 bridgehead atoms. The zero-order chi connectivity index (χ0) is 13.0. The van der Waals surface area contributed by atoms with E-state index in [0.29, 0.717) is 6.54 Å². The third-order valence-corrected chi connectivity index (χ3v) is 2.95. The van der Waals surface area contributed by atoms with E-state index < -0.39 is 0 Å². The van der Waals surface area contributed by atoms with Crippen LogP contribution in [0.1, 0.15) is 11.1 Å². The van der Waals surface area contributed by atoms with Crippen LogP contribution in [0, 0.1) is 5.82 Å². The fourth-order valence-corrected chi connectivity index (χ4v) is 1.84. The van der Waals surface area contributed by atoms with Crippen molar-refractivity contribution in [2.75, 3.05) is 11.9 Å². The summed E-state index contributed by atoms with van der Waals surface area (Å²) >= 11 is 0. The standard InChI is InChI=1S/C15H17FN2/c1-18(15-8-6-14(16)7-9-15)11-13-4-2-12(10-17)3-5-13/h2-9H,10-11,17H2,1H3. The Morgan fingerprint density at radius 3 is 2.06 bits per heavy atom. The van der Waals surface area contributed by atoms with E-state index in [1.807, 2.05) is 19.2 Å². The van der Waals surface area contributed by atoms with Gasteiger partial charge in [-0.25, -0.2) is 4.39 Å². The first-order chi connectivity index (χ1) is 8.69. The number of rotatable bonds is 4. The topological polar surface area (TPSA) is 29.3 Å². The Kier molecular flexibility index (Phi) is 3.95. The predicted molar refractivity (Wildman–Crippen MR) is 72.8 cm³/mol. The summed E-state index contributed by atoms with van der Waals surface area (Å²) < 4.78 is 12.8. The van der Waals surface area contributed by atoms with E-state index in [4.69, 9.17) is 5.73 Å². The summed E-state index contributed by atoms with van der Waals surface area (Å²) in [6.45, 7) is 1.35. The molecule has 0 aromatic heterocycles. The lowest BCUT2D eigenvalue weighted by Gasteiger charge is -2.19. The Morgan fingerprint density at radius 2 is 1.50 bits per heavy atom. The SMILES string of the molecule is CN(Cc1ccc(CN)cc1)c1ccc(F)cc1. The molecule has 0 aliphatic rings. The second-order valence-corrected chi connectivity index (χ2v) is 4.35. The summed E-state index contributed by atoms with van der Waals surface area (Å²) in [5, 5.41) is 0. The quantitative estimate of drug-likeness (QED) is 0.896. The first kappa shape index (κ1) is 12.6. The molecule has 0 amide bonds. The number of nitrogens with two attached hydrogens (primary N) is 1. The monoisotopic (exact) mass is 244 g/mol. The molecule has 94 valence electrons. The van der Waals surface area contributed by atoms with Gasteiger partial charge in [-0.05, 0) is 35.4 Å². The molecule has 0 aliphatic heterocycles. The van der Waals surface area contributed by atoms with E-state index in [0.717, 1.165) is 17.8 Å². The fourth-order valence-electron chi connectivity index (χ4n) is 1.84. The van der Waals surface area contributed by atoms with E-state index >= 15 is 0 Å². The van der Waals surface area contributed by atoms with Crippen LogP contribution < -0.4 is 10.6 Å². The molecule has 0 radical (unpaired) electrons. The van der Waals surface area contributed by atoms with E-state index in [1.54, 1.807) is 12.1 Å². The molecule has 2 nitrogen and oxygen atoms in total. The maximum Gasteiger partial charge on any atom is 0.123 e. The summed E-state index contributed by atoms with van der Waals surface area (Å²) in [7, 11) is 1.99. The highest BCUT2D eigenvalue weighted by Crippen LogP contribution is 2.16. The summed E-state index contributed by atoms with van der Waals surface area (Å²) in [6.07, 6.45) is 0. The molecule has 0 heterocycles. The van der Waals surface area contributed by atoms with Gasteiger partial charge in [0.15, 0.2) is 0 Å². The molecule has 0 unspecified atom stereocenters. The van der Waals surface area contributed by atoms with Gasteiger partial charge in [-0.15, -0.1) is 0 Å². The molecule has 2 aromatic carbocycles. The van der Waals surface area contributed by atoms with Gasteiger partial charge in [0.05, 0.1) is 0 Å². The fraction of sp³-hybridized carbons (Fsp3) is 0.200. The molecule has 0 spiro atoms. The van der Waals surface area contributed by atoms with Gasteiger partial charge in [-0.1, -0.05) is 24.3 Å². The lowest BCUT2D eigenvalue weighted by Crippen LogP contribution is -2.16. The predicted octanol–water partition coefficient (Wildman–Crippen LogP) is 2.92. The van der Waals surface area contributed by atoms with Gasteiger partial charge < -0.3 is 10.6 Å². The van der Waals surface area contributed by atoms with Crippen molar-refractivity contribution >= 4 is 5.69 Å². The number of hydrogen-bond acceptors (Lipinski definition) is 2. The largest absolute Gasteiger partial charge is 0.370 e. The van der Waals surface area contributed by atoms with Gasteiger partial charge >= 0.3 is 0 Å². The first-order valence-corrected chi connectivity index (χ1v) is 5.93. The highest BCUT2D eigenvalue weighted by Gasteiger charge is 2.02. The van der Waals surface area contributed by atoms with Crippen LogP contribution in [-0.2, 0) is 13.1 Å². The number of benzene rings is 2. The molecule has 0 fully saturated rings. The van der Waals surface area contributed by atoms with Crippen molar-refractivity contribution in [3.63, 3.8) is 0 Å². The van der Waals surface area contributed by atoms with Crippen molar-refractivity contribution in [1.29, 1.82) is 0 Å². The minimum Gasteiger partial charge on any atom is -0.370 e. The van der Waals surface area contributed by atoms with Crippen molar-refractivity contribution < 1.29 is 4.39 Å². The molecule has 2 N–H and O–H groups in total. The highest BCUT2D eigenvalue weighted by atomic mass is 19.1. The maximum absolute atomic E-state index is 12.8. The maximum atomic E-state index is 12.8. The smallest absolute Gasteiger partial charge is 0.123 e. The third-order valence-electron chi connectivity index (χ3n) is 2.95. The van der Waals surface area contributed by atoms with Crippen molar-refractivity contribution in [1.82, 2.24) is 0 Å². The minimum atomic E-state index is -0.209. The number of anilines is 1. The first-order valence-electron chi connectivity index (χ1n) is 5.93. The molecular formula is C15H17FN2.